The summed E-state index contributed by atoms with van der Waals surface area (Å²) in [5, 5.41) is 6.65. The van der Waals surface area contributed by atoms with Gasteiger partial charge < -0.3 is 10.6 Å². The third kappa shape index (κ3) is 1.53. The monoisotopic (exact) mass is 194 g/mol. The second-order valence-electron chi connectivity index (χ2n) is 3.77. The topological polar surface area (TPSA) is 24.1 Å². The molecule has 0 amide bonds. The summed E-state index contributed by atoms with van der Waals surface area (Å²) in [6.07, 6.45) is 1.05. The molecule has 1 aliphatic rings. The number of nitrogens with one attached hydrogen (secondary N) is 2. The largest absolute Gasteiger partial charge is 0.314 e. The van der Waals surface area contributed by atoms with Gasteiger partial charge in [0, 0.05) is 6.54 Å². The fourth-order valence-corrected chi connectivity index (χ4v) is 2.06. The van der Waals surface area contributed by atoms with E-state index in [0.29, 0.717) is 0 Å². The summed E-state index contributed by atoms with van der Waals surface area (Å²) in [4.78, 5) is 0. The van der Waals surface area contributed by atoms with Gasteiger partial charge in [-0.05, 0) is 37.7 Å². The fraction of sp³-hybridized carbons (Fsp3) is 0.455. The number of halogens is 1. The molecule has 0 saturated carbocycles. The van der Waals surface area contributed by atoms with Gasteiger partial charge in [0.15, 0.2) is 0 Å². The number of benzene rings is 1. The van der Waals surface area contributed by atoms with Crippen LogP contribution in [0.15, 0.2) is 24.3 Å². The second-order valence-corrected chi connectivity index (χ2v) is 3.77. The molecule has 1 fully saturated rings. The van der Waals surface area contributed by atoms with Gasteiger partial charge in [-0.2, -0.15) is 0 Å². The molecule has 1 unspecified atom stereocenters. The standard InChI is InChI=1S/C11H15FN2/c1-13-11(6-7-14-8-11)9-2-4-10(12)5-3-9/h2-5,13-14H,6-8H2,1H3. The molecule has 3 heteroatoms. The van der Waals surface area contributed by atoms with Crippen LogP contribution in [0.3, 0.4) is 0 Å². The average Bonchev–Trinajstić information content (AvgIpc) is 2.68. The molecule has 2 N–H and O–H groups in total. The summed E-state index contributed by atoms with van der Waals surface area (Å²) in [7, 11) is 1.95. The van der Waals surface area contributed by atoms with Crippen molar-refractivity contribution in [1.82, 2.24) is 10.6 Å². The van der Waals surface area contributed by atoms with Crippen molar-refractivity contribution >= 4 is 0 Å². The van der Waals surface area contributed by atoms with Crippen LogP contribution in [0.5, 0.6) is 0 Å². The number of rotatable bonds is 2. The summed E-state index contributed by atoms with van der Waals surface area (Å²) in [5.74, 6) is -0.175. The molecular weight excluding hydrogens is 179 g/mol. The number of likely N-dealkylation sites (N-methyl/N-ethyl adjacent to an activating group) is 1. The SMILES string of the molecule is CNC1(c2ccc(F)cc2)CCNC1. The third-order valence-corrected chi connectivity index (χ3v) is 3.03. The van der Waals surface area contributed by atoms with E-state index in [9.17, 15) is 4.39 Å². The Balaban J connectivity index is 2.31. The van der Waals surface area contributed by atoms with Crippen LogP contribution in [-0.2, 0) is 5.54 Å². The predicted octanol–water partition coefficient (Wildman–Crippen LogP) is 1.23. The zero-order valence-electron chi connectivity index (χ0n) is 8.31. The lowest BCUT2D eigenvalue weighted by molar-refractivity contribution is 0.398. The molecule has 1 heterocycles. The lowest BCUT2D eigenvalue weighted by Crippen LogP contribution is -2.41. The quantitative estimate of drug-likeness (QED) is 0.740. The Labute approximate surface area is 83.5 Å². The van der Waals surface area contributed by atoms with Crippen molar-refractivity contribution in [2.45, 2.75) is 12.0 Å². The van der Waals surface area contributed by atoms with Gasteiger partial charge in [-0.15, -0.1) is 0 Å². The van der Waals surface area contributed by atoms with E-state index in [-0.39, 0.29) is 11.4 Å². The van der Waals surface area contributed by atoms with Crippen LogP contribution in [0.1, 0.15) is 12.0 Å². The normalized spacial score (nSPS) is 26.7. The van der Waals surface area contributed by atoms with E-state index in [1.807, 2.05) is 19.2 Å². The Morgan fingerprint density at radius 3 is 2.57 bits per heavy atom. The first kappa shape index (κ1) is 9.62. The van der Waals surface area contributed by atoms with E-state index in [4.69, 9.17) is 0 Å². The molecule has 0 aromatic heterocycles. The molecule has 76 valence electrons. The van der Waals surface area contributed by atoms with Gasteiger partial charge in [-0.3, -0.25) is 0 Å². The van der Waals surface area contributed by atoms with Crippen molar-refractivity contribution < 1.29 is 4.39 Å². The Morgan fingerprint density at radius 1 is 1.36 bits per heavy atom. The van der Waals surface area contributed by atoms with Gasteiger partial charge in [0.2, 0.25) is 0 Å². The summed E-state index contributed by atoms with van der Waals surface area (Å²) in [6.45, 7) is 1.92. The molecule has 14 heavy (non-hydrogen) atoms. The van der Waals surface area contributed by atoms with Crippen LogP contribution in [0.4, 0.5) is 4.39 Å². The van der Waals surface area contributed by atoms with E-state index < -0.39 is 0 Å². The number of hydrogen-bond donors (Lipinski definition) is 2. The van der Waals surface area contributed by atoms with Crippen molar-refractivity contribution in [1.29, 1.82) is 0 Å². The molecule has 1 aromatic rings. The van der Waals surface area contributed by atoms with Gasteiger partial charge in [-0.25, -0.2) is 4.39 Å². The summed E-state index contributed by atoms with van der Waals surface area (Å²) in [6, 6.07) is 6.76. The van der Waals surface area contributed by atoms with E-state index in [1.54, 1.807) is 0 Å². The maximum atomic E-state index is 12.8. The van der Waals surface area contributed by atoms with E-state index in [1.165, 1.54) is 12.1 Å². The molecule has 0 radical (unpaired) electrons. The summed E-state index contributed by atoms with van der Waals surface area (Å²) in [5.41, 5.74) is 1.15. The predicted molar refractivity (Wildman–Crippen MR) is 54.6 cm³/mol. The maximum absolute atomic E-state index is 12.8. The second kappa shape index (κ2) is 3.67. The van der Waals surface area contributed by atoms with Crippen LogP contribution in [0, 0.1) is 5.82 Å². The molecule has 1 atom stereocenters. The maximum Gasteiger partial charge on any atom is 0.123 e. The van der Waals surface area contributed by atoms with Crippen molar-refractivity contribution in [2.24, 2.45) is 0 Å². The van der Waals surface area contributed by atoms with E-state index >= 15 is 0 Å². The van der Waals surface area contributed by atoms with Crippen molar-refractivity contribution in [3.63, 3.8) is 0 Å². The van der Waals surface area contributed by atoms with Crippen molar-refractivity contribution in [3.05, 3.63) is 35.6 Å². The molecule has 0 bridgehead atoms. The fourth-order valence-electron chi connectivity index (χ4n) is 2.06. The van der Waals surface area contributed by atoms with Crippen molar-refractivity contribution in [3.8, 4) is 0 Å². The van der Waals surface area contributed by atoms with Crippen LogP contribution >= 0.6 is 0 Å². The highest BCUT2D eigenvalue weighted by Crippen LogP contribution is 2.27. The molecule has 1 aliphatic heterocycles. The van der Waals surface area contributed by atoms with Gasteiger partial charge in [-0.1, -0.05) is 12.1 Å². The highest BCUT2D eigenvalue weighted by atomic mass is 19.1. The van der Waals surface area contributed by atoms with E-state index in [2.05, 4.69) is 10.6 Å². The molecular formula is C11H15FN2. The summed E-state index contributed by atoms with van der Waals surface area (Å²) < 4.78 is 12.8. The minimum atomic E-state index is -0.175. The lowest BCUT2D eigenvalue weighted by Gasteiger charge is -2.28. The van der Waals surface area contributed by atoms with E-state index in [0.717, 1.165) is 25.1 Å². The van der Waals surface area contributed by atoms with Gasteiger partial charge in [0.1, 0.15) is 5.82 Å². The first-order valence-corrected chi connectivity index (χ1v) is 4.92. The van der Waals surface area contributed by atoms with Crippen molar-refractivity contribution in [2.75, 3.05) is 20.1 Å². The Morgan fingerprint density at radius 2 is 2.07 bits per heavy atom. The Kier molecular flexibility index (Phi) is 2.52. The van der Waals surface area contributed by atoms with Crippen LogP contribution in [0.25, 0.3) is 0 Å². The van der Waals surface area contributed by atoms with Gasteiger partial charge in [0.25, 0.3) is 0 Å². The molecule has 2 rings (SSSR count). The van der Waals surface area contributed by atoms with Crippen LogP contribution < -0.4 is 10.6 Å². The third-order valence-electron chi connectivity index (χ3n) is 3.03. The molecule has 2 nitrogen and oxygen atoms in total. The number of hydrogen-bond acceptors (Lipinski definition) is 2. The first-order chi connectivity index (χ1) is 6.77. The highest BCUT2D eigenvalue weighted by Gasteiger charge is 2.33. The zero-order chi connectivity index (χ0) is 10.0. The minimum absolute atomic E-state index is 0.00625. The molecule has 1 saturated heterocycles. The molecule has 0 aliphatic carbocycles. The Hall–Kier alpha value is -0.930. The Bertz CT molecular complexity index is 302. The minimum Gasteiger partial charge on any atom is -0.314 e. The smallest absolute Gasteiger partial charge is 0.123 e. The van der Waals surface area contributed by atoms with Gasteiger partial charge >= 0.3 is 0 Å². The highest BCUT2D eigenvalue weighted by molar-refractivity contribution is 5.27. The van der Waals surface area contributed by atoms with Crippen LogP contribution in [0.2, 0.25) is 0 Å². The van der Waals surface area contributed by atoms with Gasteiger partial charge in [0.05, 0.1) is 5.54 Å². The molecule has 0 spiro atoms. The first-order valence-electron chi connectivity index (χ1n) is 4.92. The molecule has 1 aromatic carbocycles. The lowest BCUT2D eigenvalue weighted by atomic mass is 9.89. The summed E-state index contributed by atoms with van der Waals surface area (Å²) >= 11 is 0. The zero-order valence-corrected chi connectivity index (χ0v) is 8.31. The van der Waals surface area contributed by atoms with Crippen LogP contribution in [-0.4, -0.2) is 20.1 Å². The average molecular weight is 194 g/mol.